The first-order valence-corrected chi connectivity index (χ1v) is 7.24. The maximum atomic E-state index is 10.7. The molecule has 0 unspecified atom stereocenters. The summed E-state index contributed by atoms with van der Waals surface area (Å²) in [6.07, 6.45) is 1.16. The molecule has 17 heavy (non-hydrogen) atoms. The largest absolute Gasteiger partial charge is 0.290 e. The molecule has 0 bridgehead atoms. The Kier molecular flexibility index (Phi) is 4.43. The number of nitrogens with zero attached hydrogens (tertiary/aromatic N) is 2. The molecule has 0 radical (unpaired) electrons. The van der Waals surface area contributed by atoms with Gasteiger partial charge in [0.1, 0.15) is 6.20 Å². The normalized spacial score (nSPS) is 11.4. The van der Waals surface area contributed by atoms with E-state index in [0.717, 1.165) is 6.20 Å². The van der Waals surface area contributed by atoms with Crippen molar-refractivity contribution in [2.24, 2.45) is 5.14 Å². The molecule has 0 saturated carbocycles. The van der Waals surface area contributed by atoms with Gasteiger partial charge in [-0.15, -0.1) is 11.8 Å². The van der Waals surface area contributed by atoms with Gasteiger partial charge in [-0.2, -0.15) is 0 Å². The topological polar surface area (TPSA) is 116 Å². The van der Waals surface area contributed by atoms with E-state index in [1.807, 2.05) is 0 Å². The van der Waals surface area contributed by atoms with E-state index >= 15 is 0 Å². The van der Waals surface area contributed by atoms with Crippen molar-refractivity contribution in [3.05, 3.63) is 27.9 Å². The Labute approximate surface area is 103 Å². The van der Waals surface area contributed by atoms with E-state index in [9.17, 15) is 18.5 Å². The molecule has 0 spiro atoms. The quantitative estimate of drug-likeness (QED) is 0.480. The van der Waals surface area contributed by atoms with Gasteiger partial charge in [-0.05, 0) is 13.0 Å². The summed E-state index contributed by atoms with van der Waals surface area (Å²) >= 11 is 1.19. The zero-order chi connectivity index (χ0) is 13.1. The molecule has 1 aromatic heterocycles. The standard InChI is InChI=1S/C8H11N3O4S2/c1-6-4-8(10-5-7(6)11(12)13)16-2-3-17(9,14)15/h4-5H,2-3H2,1H3,(H2,9,14,15). The van der Waals surface area contributed by atoms with Gasteiger partial charge in [0.2, 0.25) is 10.0 Å². The first-order chi connectivity index (χ1) is 7.79. The van der Waals surface area contributed by atoms with Crippen LogP contribution < -0.4 is 5.14 Å². The molecule has 0 amide bonds. The average Bonchev–Trinajstić information content (AvgIpc) is 2.15. The number of nitro groups is 1. The summed E-state index contributed by atoms with van der Waals surface area (Å²) in [5, 5.41) is 15.9. The van der Waals surface area contributed by atoms with E-state index in [1.165, 1.54) is 11.8 Å². The monoisotopic (exact) mass is 277 g/mol. The van der Waals surface area contributed by atoms with Gasteiger partial charge in [0, 0.05) is 11.3 Å². The number of hydrogen-bond donors (Lipinski definition) is 1. The lowest BCUT2D eigenvalue weighted by molar-refractivity contribution is -0.385. The Bertz CT molecular complexity index is 530. The van der Waals surface area contributed by atoms with Crippen LogP contribution in [0.1, 0.15) is 5.56 Å². The lowest BCUT2D eigenvalue weighted by Gasteiger charge is -2.01. The second-order valence-electron chi connectivity index (χ2n) is 3.28. The van der Waals surface area contributed by atoms with Crippen LogP contribution in [0.4, 0.5) is 5.69 Å². The third kappa shape index (κ3) is 4.67. The highest BCUT2D eigenvalue weighted by atomic mass is 32.2. The summed E-state index contributed by atoms with van der Waals surface area (Å²) in [4.78, 5) is 13.9. The van der Waals surface area contributed by atoms with Crippen LogP contribution in [0, 0.1) is 17.0 Å². The molecule has 0 fully saturated rings. The molecule has 0 aliphatic carbocycles. The Morgan fingerprint density at radius 1 is 1.59 bits per heavy atom. The fourth-order valence-corrected chi connectivity index (χ4v) is 2.91. The van der Waals surface area contributed by atoms with Crippen molar-refractivity contribution in [2.45, 2.75) is 11.9 Å². The molecule has 0 aromatic carbocycles. The fraction of sp³-hybridized carbons (Fsp3) is 0.375. The predicted molar refractivity (Wildman–Crippen MR) is 64.3 cm³/mol. The number of aromatic nitrogens is 1. The molecule has 0 saturated heterocycles. The van der Waals surface area contributed by atoms with E-state index < -0.39 is 14.9 Å². The lowest BCUT2D eigenvalue weighted by atomic mass is 10.3. The van der Waals surface area contributed by atoms with Crippen LogP contribution in [0.3, 0.4) is 0 Å². The first-order valence-electron chi connectivity index (χ1n) is 4.54. The van der Waals surface area contributed by atoms with Gasteiger partial charge in [-0.1, -0.05) is 0 Å². The average molecular weight is 277 g/mol. The number of rotatable bonds is 5. The second kappa shape index (κ2) is 5.43. The third-order valence-electron chi connectivity index (χ3n) is 1.87. The minimum atomic E-state index is -3.48. The summed E-state index contributed by atoms with van der Waals surface area (Å²) in [5.41, 5.74) is 0.434. The molecule has 0 aliphatic heterocycles. The van der Waals surface area contributed by atoms with Crippen LogP contribution in [-0.2, 0) is 10.0 Å². The van der Waals surface area contributed by atoms with Crippen molar-refractivity contribution in [3.8, 4) is 0 Å². The van der Waals surface area contributed by atoms with Gasteiger partial charge < -0.3 is 0 Å². The number of thioether (sulfide) groups is 1. The van der Waals surface area contributed by atoms with E-state index in [2.05, 4.69) is 4.98 Å². The SMILES string of the molecule is Cc1cc(SCCS(N)(=O)=O)ncc1[N+](=O)[O-]. The van der Waals surface area contributed by atoms with Crippen LogP contribution in [-0.4, -0.2) is 29.8 Å². The molecule has 1 heterocycles. The Morgan fingerprint density at radius 3 is 2.71 bits per heavy atom. The molecule has 9 heteroatoms. The van der Waals surface area contributed by atoms with Gasteiger partial charge >= 0.3 is 0 Å². The van der Waals surface area contributed by atoms with E-state index in [1.54, 1.807) is 13.0 Å². The van der Waals surface area contributed by atoms with Gasteiger partial charge in [0.05, 0.1) is 15.7 Å². The van der Waals surface area contributed by atoms with E-state index in [4.69, 9.17) is 5.14 Å². The number of primary sulfonamides is 1. The Hall–Kier alpha value is -1.19. The summed E-state index contributed by atoms with van der Waals surface area (Å²) < 4.78 is 21.4. The predicted octanol–water partition coefficient (Wildman–Crippen LogP) is 0.679. The summed E-state index contributed by atoms with van der Waals surface area (Å²) in [6, 6.07) is 1.55. The van der Waals surface area contributed by atoms with Crippen LogP contribution in [0.5, 0.6) is 0 Å². The summed E-state index contributed by atoms with van der Waals surface area (Å²) in [6.45, 7) is 1.60. The Balaban J connectivity index is 2.68. The highest BCUT2D eigenvalue weighted by molar-refractivity contribution is 8.00. The molecule has 7 nitrogen and oxygen atoms in total. The van der Waals surface area contributed by atoms with Gasteiger partial charge in [-0.25, -0.2) is 18.5 Å². The van der Waals surface area contributed by atoms with E-state index in [0.29, 0.717) is 10.6 Å². The fourth-order valence-electron chi connectivity index (χ4n) is 1.06. The molecule has 1 rings (SSSR count). The number of pyridine rings is 1. The zero-order valence-corrected chi connectivity index (χ0v) is 10.6. The molecule has 0 atom stereocenters. The van der Waals surface area contributed by atoms with Crippen LogP contribution >= 0.6 is 11.8 Å². The van der Waals surface area contributed by atoms with Crippen LogP contribution in [0.15, 0.2) is 17.3 Å². The van der Waals surface area contributed by atoms with Gasteiger partial charge in [-0.3, -0.25) is 10.1 Å². The summed E-state index contributed by atoms with van der Waals surface area (Å²) in [5.74, 6) is 0.110. The molecule has 1 aromatic rings. The van der Waals surface area contributed by atoms with E-state index in [-0.39, 0.29) is 17.2 Å². The number of nitrogens with two attached hydrogens (primary N) is 1. The van der Waals surface area contributed by atoms with Crippen molar-refractivity contribution < 1.29 is 13.3 Å². The Morgan fingerprint density at radius 2 is 2.24 bits per heavy atom. The van der Waals surface area contributed by atoms with Crippen molar-refractivity contribution >= 4 is 27.5 Å². The smallest absolute Gasteiger partial charge is 0.258 e. The van der Waals surface area contributed by atoms with Crippen molar-refractivity contribution in [3.63, 3.8) is 0 Å². The first kappa shape index (κ1) is 13.9. The zero-order valence-electron chi connectivity index (χ0n) is 8.99. The highest BCUT2D eigenvalue weighted by Gasteiger charge is 2.12. The molecular weight excluding hydrogens is 266 g/mol. The minimum Gasteiger partial charge on any atom is -0.258 e. The molecule has 0 aliphatic rings. The molecular formula is C8H11N3O4S2. The number of hydrogen-bond acceptors (Lipinski definition) is 6. The maximum absolute atomic E-state index is 10.7. The minimum absolute atomic E-state index is 0.0548. The van der Waals surface area contributed by atoms with Crippen molar-refractivity contribution in [1.29, 1.82) is 0 Å². The van der Waals surface area contributed by atoms with Crippen molar-refractivity contribution in [1.82, 2.24) is 4.98 Å². The maximum Gasteiger partial charge on any atom is 0.290 e. The summed E-state index contributed by atoms with van der Waals surface area (Å²) in [7, 11) is -3.48. The highest BCUT2D eigenvalue weighted by Crippen LogP contribution is 2.22. The van der Waals surface area contributed by atoms with Crippen molar-refractivity contribution in [2.75, 3.05) is 11.5 Å². The third-order valence-corrected chi connectivity index (χ3v) is 3.83. The molecule has 94 valence electrons. The number of aryl methyl sites for hydroxylation is 1. The van der Waals surface area contributed by atoms with Crippen LogP contribution in [0.25, 0.3) is 0 Å². The van der Waals surface area contributed by atoms with Gasteiger partial charge in [0.15, 0.2) is 0 Å². The number of sulfonamides is 1. The van der Waals surface area contributed by atoms with Crippen LogP contribution in [0.2, 0.25) is 0 Å². The lowest BCUT2D eigenvalue weighted by Crippen LogP contribution is -2.17. The second-order valence-corrected chi connectivity index (χ2v) is 6.13. The molecule has 2 N–H and O–H groups in total. The van der Waals surface area contributed by atoms with Gasteiger partial charge in [0.25, 0.3) is 5.69 Å².